The molecular formula is C9H11N5. The van der Waals surface area contributed by atoms with E-state index in [9.17, 15) is 0 Å². The first-order valence-electron chi connectivity index (χ1n) is 3.95. The van der Waals surface area contributed by atoms with Gasteiger partial charge in [0, 0.05) is 0 Å². The van der Waals surface area contributed by atoms with Crippen molar-refractivity contribution in [2.45, 2.75) is 13.5 Å². The Morgan fingerprint density at radius 3 is 2.71 bits per heavy atom. The molecule has 0 aliphatic carbocycles. The van der Waals surface area contributed by atoms with Crippen LogP contribution in [0.3, 0.4) is 0 Å². The van der Waals surface area contributed by atoms with Gasteiger partial charge in [-0.1, -0.05) is 6.58 Å². The second-order valence-electron chi connectivity index (χ2n) is 2.19. The topological polar surface area (TPSA) is 67.3 Å². The molecule has 72 valence electrons. The van der Waals surface area contributed by atoms with Gasteiger partial charge in [-0.05, 0) is 6.92 Å². The average Bonchev–Trinajstić information content (AvgIpc) is 2.67. The Kier molecular flexibility index (Phi) is 6.31. The number of nitrogens with zero attached hydrogens (tertiary/aromatic N) is 5. The molecule has 0 bridgehead atoms. The zero-order valence-corrected chi connectivity index (χ0v) is 7.96. The molecule has 0 fully saturated rings. The highest BCUT2D eigenvalue weighted by atomic mass is 15.1. The lowest BCUT2D eigenvalue weighted by molar-refractivity contribution is -0.692. The van der Waals surface area contributed by atoms with E-state index >= 15 is 0 Å². The molecule has 0 saturated heterocycles. The lowest BCUT2D eigenvalue weighted by Gasteiger charge is -1.81. The van der Waals surface area contributed by atoms with Gasteiger partial charge in [-0.3, -0.25) is 0 Å². The molecule has 0 atom stereocenters. The van der Waals surface area contributed by atoms with E-state index in [2.05, 4.69) is 23.1 Å². The van der Waals surface area contributed by atoms with Gasteiger partial charge in [-0.15, -0.1) is 6.01 Å². The Hall–Kier alpha value is -2.18. The average molecular weight is 189 g/mol. The third-order valence-electron chi connectivity index (χ3n) is 1.39. The maximum Gasteiger partial charge on any atom is 0.248 e. The van der Waals surface area contributed by atoms with E-state index in [-0.39, 0.29) is 0 Å². The van der Waals surface area contributed by atoms with Crippen molar-refractivity contribution in [3.05, 3.63) is 30.7 Å². The molecule has 0 radical (unpaired) electrons. The fraction of sp³-hybridized carbons (Fsp3) is 0.222. The smallest absolute Gasteiger partial charge is 0.248 e. The second-order valence-corrected chi connectivity index (χ2v) is 2.19. The van der Waals surface area contributed by atoms with E-state index in [1.54, 1.807) is 6.20 Å². The van der Waals surface area contributed by atoms with E-state index in [1.807, 2.05) is 23.3 Å². The Morgan fingerprint density at radius 2 is 2.50 bits per heavy atom. The van der Waals surface area contributed by atoms with Gasteiger partial charge in [0.05, 0.1) is 18.9 Å². The first-order valence-corrected chi connectivity index (χ1v) is 3.95. The molecule has 0 spiro atoms. The Balaban J connectivity index is 0.000000292. The van der Waals surface area contributed by atoms with Gasteiger partial charge in [0.25, 0.3) is 0 Å². The summed E-state index contributed by atoms with van der Waals surface area (Å²) >= 11 is 0. The van der Waals surface area contributed by atoms with Gasteiger partial charge in [0.15, 0.2) is 0 Å². The van der Waals surface area contributed by atoms with Crippen LogP contribution in [0.4, 0.5) is 0 Å². The van der Waals surface area contributed by atoms with Crippen LogP contribution in [0.15, 0.2) is 30.3 Å². The minimum absolute atomic E-state index is 1.01. The summed E-state index contributed by atoms with van der Waals surface area (Å²) in [5.41, 5.74) is 0. The number of aliphatic imine (C=N–C) groups is 1. The summed E-state index contributed by atoms with van der Waals surface area (Å²) in [4.78, 5) is 2.58. The van der Waals surface area contributed by atoms with Gasteiger partial charge in [0.2, 0.25) is 6.33 Å². The molecule has 1 heterocycles. The van der Waals surface area contributed by atoms with Crippen molar-refractivity contribution in [1.82, 2.24) is 4.57 Å². The maximum atomic E-state index is 7.43. The number of imidazole rings is 1. The van der Waals surface area contributed by atoms with Crippen LogP contribution in [0.5, 0.6) is 0 Å². The van der Waals surface area contributed by atoms with Gasteiger partial charge < -0.3 is 10.4 Å². The molecule has 0 saturated carbocycles. The van der Waals surface area contributed by atoms with Crippen LogP contribution >= 0.6 is 0 Å². The van der Waals surface area contributed by atoms with Crippen LogP contribution in [0.2, 0.25) is 0 Å². The van der Waals surface area contributed by atoms with Crippen molar-refractivity contribution in [3.8, 4) is 6.19 Å². The third kappa shape index (κ3) is 4.65. The van der Waals surface area contributed by atoms with Gasteiger partial charge in [0.1, 0.15) is 12.4 Å². The van der Waals surface area contributed by atoms with Crippen molar-refractivity contribution in [2.24, 2.45) is 4.99 Å². The Morgan fingerprint density at radius 1 is 1.79 bits per heavy atom. The minimum Gasteiger partial charge on any atom is -0.422 e. The van der Waals surface area contributed by atoms with Crippen LogP contribution in [0.25, 0.3) is 11.6 Å². The van der Waals surface area contributed by atoms with Crippen LogP contribution in [0.1, 0.15) is 6.92 Å². The summed E-state index contributed by atoms with van der Waals surface area (Å²) in [5, 5.41) is 14.9. The number of hydrogen-bond donors (Lipinski definition) is 0. The zero-order chi connectivity index (χ0) is 10.8. The van der Waals surface area contributed by atoms with E-state index in [4.69, 9.17) is 10.7 Å². The molecule has 1 rings (SSSR count). The molecule has 0 amide bonds. The molecule has 0 aliphatic heterocycles. The van der Waals surface area contributed by atoms with Crippen molar-refractivity contribution < 1.29 is 4.57 Å². The van der Waals surface area contributed by atoms with Crippen molar-refractivity contribution in [1.29, 1.82) is 5.26 Å². The highest BCUT2D eigenvalue weighted by Crippen LogP contribution is 1.81. The summed E-state index contributed by atoms with van der Waals surface area (Å²) in [5.74, 6) is 0. The molecule has 5 heteroatoms. The number of aromatic nitrogens is 2. The highest BCUT2D eigenvalue weighted by molar-refractivity contribution is 5.46. The molecule has 0 aromatic carbocycles. The normalized spacial score (nSPS) is 7.43. The zero-order valence-electron chi connectivity index (χ0n) is 7.96. The molecule has 14 heavy (non-hydrogen) atoms. The number of hydrogen-bond acceptors (Lipinski definition) is 2. The molecule has 0 unspecified atom stereocenters. The molecule has 5 nitrogen and oxygen atoms in total. The number of nitriles is 1. The summed E-state index contributed by atoms with van der Waals surface area (Å²) in [6.45, 7) is 6.75. The Labute approximate surface area is 82.8 Å². The van der Waals surface area contributed by atoms with Crippen LogP contribution in [-0.2, 0) is 6.54 Å². The first-order chi connectivity index (χ1) is 6.78. The second kappa shape index (κ2) is 7.47. The van der Waals surface area contributed by atoms with Crippen molar-refractivity contribution in [2.75, 3.05) is 0 Å². The largest absolute Gasteiger partial charge is 0.422 e. The van der Waals surface area contributed by atoms with Crippen LogP contribution in [-0.4, -0.2) is 10.6 Å². The van der Waals surface area contributed by atoms with E-state index in [0.29, 0.717) is 0 Å². The lowest BCUT2D eigenvalue weighted by atomic mass is 10.7. The predicted molar refractivity (Wildman–Crippen MR) is 53.1 cm³/mol. The number of aryl methyl sites for hydroxylation is 1. The lowest BCUT2D eigenvalue weighted by Crippen LogP contribution is -2.28. The van der Waals surface area contributed by atoms with Gasteiger partial charge >= 0.3 is 0 Å². The van der Waals surface area contributed by atoms with Crippen LogP contribution < -0.4 is 4.57 Å². The Bertz CT molecular complexity index is 365. The minimum atomic E-state index is 1.01. The monoisotopic (exact) mass is 189 g/mol. The predicted octanol–water partition coefficient (Wildman–Crippen LogP) is 1.11. The maximum absolute atomic E-state index is 7.43. The summed E-state index contributed by atoms with van der Waals surface area (Å²) in [6.07, 6.45) is 9.03. The van der Waals surface area contributed by atoms with Crippen molar-refractivity contribution in [3.63, 3.8) is 0 Å². The van der Waals surface area contributed by atoms with E-state index in [1.165, 1.54) is 12.2 Å². The van der Waals surface area contributed by atoms with Gasteiger partial charge in [-0.25, -0.2) is 9.13 Å². The van der Waals surface area contributed by atoms with Gasteiger partial charge in [-0.2, -0.15) is 5.26 Å². The van der Waals surface area contributed by atoms with Crippen molar-refractivity contribution >= 4 is 12.2 Å². The van der Waals surface area contributed by atoms with E-state index in [0.717, 1.165) is 6.54 Å². The molecule has 0 aliphatic rings. The highest BCUT2D eigenvalue weighted by Gasteiger charge is 1.94. The fourth-order valence-corrected chi connectivity index (χ4v) is 0.728. The fourth-order valence-electron chi connectivity index (χ4n) is 0.728. The number of rotatable bonds is 2. The third-order valence-corrected chi connectivity index (χ3v) is 1.39. The van der Waals surface area contributed by atoms with E-state index < -0.39 is 0 Å². The SMILES string of the molecule is C=Cn1cc[n+](CC)c1.N#CN=C=[N-]. The summed E-state index contributed by atoms with van der Waals surface area (Å²) in [7, 11) is 0. The molecule has 0 N–H and O–H groups in total. The first kappa shape index (κ1) is 11.8. The molecular weight excluding hydrogens is 178 g/mol. The summed E-state index contributed by atoms with van der Waals surface area (Å²) < 4.78 is 4.01. The molecule has 1 aromatic heterocycles. The quantitative estimate of drug-likeness (QED) is 0.390. The standard InChI is InChI=1S/C7H11N2.C2N3/c1-3-8-5-6-9(4-2)7-8;3-1-5-2-4/h3,5-7H,1,4H2,2H3;/q+1;-1. The summed E-state index contributed by atoms with van der Waals surface area (Å²) in [6, 6.07) is 1.28. The molecule has 1 aromatic rings. The van der Waals surface area contributed by atoms with Crippen LogP contribution in [0, 0.1) is 11.5 Å².